The third-order valence-corrected chi connectivity index (χ3v) is 10.5. The first-order valence-electron chi connectivity index (χ1n) is 17.9. The number of ether oxygens (including phenoxy) is 4. The number of nitrogens with zero attached hydrogens (tertiary/aromatic N) is 7. The van der Waals surface area contributed by atoms with Crippen molar-refractivity contribution in [3.8, 4) is 0 Å². The molecule has 2 aliphatic rings. The maximum atomic E-state index is 13.9. The van der Waals surface area contributed by atoms with Gasteiger partial charge in [-0.25, -0.2) is 33.7 Å². The molecule has 5 heterocycles. The van der Waals surface area contributed by atoms with Gasteiger partial charge in [-0.05, 0) is 33.3 Å². The molecule has 27 heteroatoms. The highest BCUT2D eigenvalue weighted by atomic mass is 31.2. The third-order valence-electron chi connectivity index (χ3n) is 9.01. The molecule has 2 fully saturated rings. The summed E-state index contributed by atoms with van der Waals surface area (Å²) in [5.74, 6) is -1.56. The number of phosphoric acid groups is 2. The molecule has 8 N–H and O–H groups in total. The van der Waals surface area contributed by atoms with Crippen molar-refractivity contribution in [2.45, 2.75) is 94.7 Å². The molecule has 59 heavy (non-hydrogen) atoms. The number of hydrogen-bond acceptors (Lipinski definition) is 19. The van der Waals surface area contributed by atoms with Gasteiger partial charge in [-0.2, -0.15) is 4.98 Å². The lowest BCUT2D eigenvalue weighted by Gasteiger charge is -2.31. The van der Waals surface area contributed by atoms with Crippen LogP contribution in [0.25, 0.3) is 11.2 Å². The minimum Gasteiger partial charge on any atom is -0.455 e. The predicted molar refractivity (Wildman–Crippen MR) is 201 cm³/mol. The maximum absolute atomic E-state index is 13.9. The molecule has 0 aromatic carbocycles. The van der Waals surface area contributed by atoms with E-state index in [1.807, 2.05) is 0 Å². The zero-order valence-electron chi connectivity index (χ0n) is 32.3. The van der Waals surface area contributed by atoms with E-state index in [0.29, 0.717) is 6.42 Å². The van der Waals surface area contributed by atoms with Crippen molar-refractivity contribution in [2.24, 2.45) is 0 Å². The Bertz CT molecular complexity index is 2140. The van der Waals surface area contributed by atoms with Crippen LogP contribution in [-0.2, 0) is 51.2 Å². The van der Waals surface area contributed by atoms with E-state index in [2.05, 4.69) is 31.0 Å². The van der Waals surface area contributed by atoms with E-state index in [-0.39, 0.29) is 42.2 Å². The number of aromatic nitrogens is 6. The van der Waals surface area contributed by atoms with E-state index >= 15 is 0 Å². The summed E-state index contributed by atoms with van der Waals surface area (Å²) in [5.41, 5.74) is 10.2. The Labute approximate surface area is 336 Å². The number of rotatable bonds is 18. The summed E-state index contributed by atoms with van der Waals surface area (Å²) in [4.78, 5) is 86.0. The molecule has 0 bridgehead atoms. The molecule has 326 valence electrons. The van der Waals surface area contributed by atoms with Gasteiger partial charge < -0.3 is 55.1 Å². The number of aliphatic hydroxyl groups excluding tert-OH is 1. The second kappa shape index (κ2) is 18.6. The third kappa shape index (κ3) is 11.7. The van der Waals surface area contributed by atoms with Crippen molar-refractivity contribution in [3.63, 3.8) is 0 Å². The Balaban J connectivity index is 1.39. The summed E-state index contributed by atoms with van der Waals surface area (Å²) >= 11 is 0. The van der Waals surface area contributed by atoms with Crippen LogP contribution in [0.4, 0.5) is 11.6 Å². The molecule has 25 nitrogen and oxygen atoms in total. The first-order chi connectivity index (χ1) is 27.6. The summed E-state index contributed by atoms with van der Waals surface area (Å²) in [6.45, 7) is 6.78. The summed E-state index contributed by atoms with van der Waals surface area (Å²) in [6, 6.07) is -0.0561. The number of carbonyl (C=O) groups is 2. The van der Waals surface area contributed by atoms with Gasteiger partial charge in [0, 0.05) is 26.1 Å². The SMILES string of the molecule is C=CCCC(=O)N(C)C(COC(C)(C)C)C(=O)O[C@H]1[C@@H](O)[C@H](n2cnc3c(N)ncnc32)O[C@@H]1COP(=O)(O)O[C@H]1C[C@H](n2ccc(N)nc2=O)O[C@H]1COP(=O)(O)O. The molecule has 0 saturated carbocycles. The molecule has 9 atom stereocenters. The van der Waals surface area contributed by atoms with Gasteiger partial charge in [0.15, 0.2) is 29.8 Å². The molecule has 0 aliphatic carbocycles. The van der Waals surface area contributed by atoms with Crippen molar-refractivity contribution in [2.75, 3.05) is 38.3 Å². The number of allylic oxidation sites excluding steroid dienone is 1. The smallest absolute Gasteiger partial charge is 0.455 e. The lowest BCUT2D eigenvalue weighted by molar-refractivity contribution is -0.169. The van der Waals surface area contributed by atoms with Crippen molar-refractivity contribution in [3.05, 3.63) is 48.1 Å². The van der Waals surface area contributed by atoms with Gasteiger partial charge in [0.05, 0.1) is 31.7 Å². The van der Waals surface area contributed by atoms with Crippen LogP contribution >= 0.6 is 15.6 Å². The van der Waals surface area contributed by atoms with E-state index < -0.39 is 101 Å². The molecular formula is C32H47N9O16P2. The number of likely N-dealkylation sites (N-methyl/N-ethyl adjacent to an activating group) is 1. The first kappa shape index (κ1) is 45.8. The number of aliphatic hydroxyl groups is 1. The topological polar surface area (TPSA) is 348 Å². The van der Waals surface area contributed by atoms with Crippen molar-refractivity contribution in [1.29, 1.82) is 0 Å². The summed E-state index contributed by atoms with van der Waals surface area (Å²) in [5, 5.41) is 11.7. The number of imidazole rings is 1. The molecular weight excluding hydrogens is 828 g/mol. The van der Waals surface area contributed by atoms with Crippen LogP contribution in [0.5, 0.6) is 0 Å². The van der Waals surface area contributed by atoms with Crippen molar-refractivity contribution in [1.82, 2.24) is 34.0 Å². The standard InChI is InChI=1S/C32H47N9O16P2/c1-6-7-8-22(42)39(5)17(12-51-32(2,3)4)30(44)56-26-20(55-29(25(26)43)41-16-37-24-27(34)35-15-36-28(24)41)14-53-59(49,50)57-18-11-23(40-10-9-21(33)38-31(40)45)54-19(18)13-52-58(46,47)48/h6,9-10,15-20,23,25-26,29,43H,1,7-8,11-14H2,2-5H3,(H,49,50)(H2,33,38,45)(H2,34,35,36)(H2,46,47,48)/t17?,18-,19-,20+,23+,25+,26+,29+/m0/s1. The van der Waals surface area contributed by atoms with Crippen LogP contribution in [0.3, 0.4) is 0 Å². The lowest BCUT2D eigenvalue weighted by Crippen LogP contribution is -2.50. The number of amides is 1. The van der Waals surface area contributed by atoms with Crippen LogP contribution in [0.2, 0.25) is 0 Å². The van der Waals surface area contributed by atoms with Crippen LogP contribution < -0.4 is 17.2 Å². The molecule has 3 aromatic rings. The molecule has 1 amide bonds. The Morgan fingerprint density at radius 2 is 1.81 bits per heavy atom. The molecule has 5 rings (SSSR count). The quantitative estimate of drug-likeness (QED) is 0.0553. The van der Waals surface area contributed by atoms with Crippen LogP contribution in [0.15, 0.2) is 42.4 Å². The number of nitrogen functional groups attached to an aromatic ring is 2. The molecule has 0 radical (unpaired) electrons. The van der Waals surface area contributed by atoms with E-state index in [1.165, 1.54) is 36.3 Å². The average molecular weight is 876 g/mol. The number of esters is 1. The number of phosphoric ester groups is 2. The van der Waals surface area contributed by atoms with Crippen LogP contribution in [-0.4, -0.2) is 135 Å². The van der Waals surface area contributed by atoms with Gasteiger partial charge >= 0.3 is 27.3 Å². The molecule has 0 spiro atoms. The van der Waals surface area contributed by atoms with Gasteiger partial charge in [-0.1, -0.05) is 6.08 Å². The second-order valence-corrected chi connectivity index (χ2v) is 17.1. The largest absolute Gasteiger partial charge is 0.472 e. The monoisotopic (exact) mass is 875 g/mol. The highest BCUT2D eigenvalue weighted by Crippen LogP contribution is 2.50. The van der Waals surface area contributed by atoms with E-state index in [4.69, 9.17) is 39.5 Å². The fourth-order valence-electron chi connectivity index (χ4n) is 6.06. The minimum atomic E-state index is -5.22. The zero-order chi connectivity index (χ0) is 43.4. The number of nitrogens with two attached hydrogens (primary N) is 2. The Hall–Kier alpha value is -4.23. The number of fused-ring (bicyclic) bond motifs is 1. The Morgan fingerprint density at radius 1 is 1.10 bits per heavy atom. The zero-order valence-corrected chi connectivity index (χ0v) is 34.1. The average Bonchev–Trinajstić information content (AvgIpc) is 3.83. The highest BCUT2D eigenvalue weighted by molar-refractivity contribution is 7.47. The first-order valence-corrected chi connectivity index (χ1v) is 20.9. The van der Waals surface area contributed by atoms with Crippen LogP contribution in [0.1, 0.15) is 52.5 Å². The Morgan fingerprint density at radius 3 is 2.47 bits per heavy atom. The summed E-state index contributed by atoms with van der Waals surface area (Å²) in [7, 11) is -8.91. The fraction of sp³-hybridized carbons (Fsp3) is 0.594. The van der Waals surface area contributed by atoms with Gasteiger partial charge in [-0.3, -0.25) is 27.5 Å². The van der Waals surface area contributed by atoms with Gasteiger partial charge in [0.2, 0.25) is 5.91 Å². The van der Waals surface area contributed by atoms with E-state index in [9.17, 15) is 43.3 Å². The second-order valence-electron chi connectivity index (χ2n) is 14.4. The molecule has 3 aromatic heterocycles. The maximum Gasteiger partial charge on any atom is 0.472 e. The van der Waals surface area contributed by atoms with Gasteiger partial charge in [0.25, 0.3) is 0 Å². The highest BCUT2D eigenvalue weighted by Gasteiger charge is 2.50. The molecule has 2 saturated heterocycles. The number of anilines is 2. The van der Waals surface area contributed by atoms with Gasteiger partial charge in [0.1, 0.15) is 48.3 Å². The summed E-state index contributed by atoms with van der Waals surface area (Å²) in [6.07, 6.45) is -5.31. The minimum absolute atomic E-state index is 0.00785. The number of hydrogen-bond donors (Lipinski definition) is 6. The lowest BCUT2D eigenvalue weighted by atomic mass is 10.1. The Kier molecular flexibility index (Phi) is 14.4. The number of carbonyl (C=O) groups excluding carboxylic acids is 2. The predicted octanol–water partition coefficient (Wildman–Crippen LogP) is -0.0750. The van der Waals surface area contributed by atoms with Gasteiger partial charge in [-0.15, -0.1) is 6.58 Å². The van der Waals surface area contributed by atoms with Crippen LogP contribution in [0, 0.1) is 0 Å². The van der Waals surface area contributed by atoms with E-state index in [0.717, 1.165) is 15.8 Å². The fourth-order valence-corrected chi connectivity index (χ4v) is 7.36. The summed E-state index contributed by atoms with van der Waals surface area (Å²) < 4.78 is 66.0. The van der Waals surface area contributed by atoms with Crippen molar-refractivity contribution >= 4 is 50.3 Å². The normalized spacial score (nSPS) is 25.1. The molecule has 2 unspecified atom stereocenters. The molecule has 2 aliphatic heterocycles. The van der Waals surface area contributed by atoms with Crippen molar-refractivity contribution < 1.29 is 71.0 Å². The van der Waals surface area contributed by atoms with E-state index in [1.54, 1.807) is 20.8 Å².